The van der Waals surface area contributed by atoms with Crippen molar-refractivity contribution in [1.29, 1.82) is 0 Å². The highest BCUT2D eigenvalue weighted by Gasteiger charge is 2.23. The van der Waals surface area contributed by atoms with Crippen molar-refractivity contribution in [1.82, 2.24) is 9.55 Å². The molecular weight excluding hydrogens is 276 g/mol. The van der Waals surface area contributed by atoms with Crippen LogP contribution < -0.4 is 10.7 Å². The van der Waals surface area contributed by atoms with Gasteiger partial charge in [0.05, 0.1) is 23.7 Å². The van der Waals surface area contributed by atoms with E-state index in [4.69, 9.17) is 0 Å². The highest BCUT2D eigenvalue weighted by Crippen LogP contribution is 2.35. The molecule has 2 aromatic rings. The summed E-state index contributed by atoms with van der Waals surface area (Å²) >= 11 is 1.56. The Morgan fingerprint density at radius 3 is 3.05 bits per heavy atom. The summed E-state index contributed by atoms with van der Waals surface area (Å²) in [6.45, 7) is 3.64. The van der Waals surface area contributed by atoms with Crippen molar-refractivity contribution in [2.75, 3.05) is 0 Å². The number of carbonyl (C=O) groups is 1. The lowest BCUT2D eigenvalue weighted by atomic mass is 9.89. The van der Waals surface area contributed by atoms with Crippen molar-refractivity contribution in [3.8, 4) is 0 Å². The van der Waals surface area contributed by atoms with E-state index in [0.29, 0.717) is 11.3 Å². The van der Waals surface area contributed by atoms with Gasteiger partial charge in [0.1, 0.15) is 4.83 Å². The van der Waals surface area contributed by atoms with E-state index in [0.717, 1.165) is 34.2 Å². The number of carbonyl (C=O) groups excluding carboxylic acids is 1. The molecule has 5 nitrogen and oxygen atoms in total. The van der Waals surface area contributed by atoms with Crippen molar-refractivity contribution < 1.29 is 9.90 Å². The van der Waals surface area contributed by atoms with Crippen LogP contribution in [0.3, 0.4) is 0 Å². The fourth-order valence-corrected chi connectivity index (χ4v) is 4.07. The second-order valence-electron chi connectivity index (χ2n) is 5.48. The maximum atomic E-state index is 12.5. The van der Waals surface area contributed by atoms with Crippen LogP contribution in [0.1, 0.15) is 36.8 Å². The zero-order valence-corrected chi connectivity index (χ0v) is 12.2. The van der Waals surface area contributed by atoms with Gasteiger partial charge in [0.2, 0.25) is 0 Å². The molecule has 0 N–H and O–H groups in total. The van der Waals surface area contributed by atoms with Crippen molar-refractivity contribution in [2.24, 2.45) is 5.92 Å². The molecule has 0 unspecified atom stereocenters. The SMILES string of the molecule is C[C@H]1CCc2c(sc3ncn([C@@H](C)C(=O)[O-])c(=O)c23)C1. The molecular formula is C14H15N2O3S-. The third-order valence-electron chi connectivity index (χ3n) is 4.00. The minimum absolute atomic E-state index is 0.265. The number of carboxylic acids is 1. The van der Waals surface area contributed by atoms with Gasteiger partial charge in [-0.1, -0.05) is 6.92 Å². The second kappa shape index (κ2) is 4.70. The van der Waals surface area contributed by atoms with Crippen molar-refractivity contribution in [3.05, 3.63) is 27.1 Å². The molecule has 0 aliphatic heterocycles. The summed E-state index contributed by atoms with van der Waals surface area (Å²) in [5.41, 5.74) is 0.805. The van der Waals surface area contributed by atoms with Gasteiger partial charge in [0.25, 0.3) is 5.56 Å². The molecule has 2 aromatic heterocycles. The molecule has 0 aromatic carbocycles. The van der Waals surface area contributed by atoms with E-state index in [9.17, 15) is 14.7 Å². The Labute approximate surface area is 119 Å². The number of carboxylic acid groups (broad SMARTS) is 1. The standard InChI is InChI=1S/C14H16N2O3S/c1-7-3-4-9-10(5-7)20-12-11(9)13(17)16(6-15-12)8(2)14(18)19/h6-8H,3-5H2,1-2H3,(H,18,19)/p-1/t7-,8-/m0/s1. The number of hydrogen-bond acceptors (Lipinski definition) is 5. The number of aryl methyl sites for hydroxylation is 1. The van der Waals surface area contributed by atoms with Gasteiger partial charge >= 0.3 is 0 Å². The average molecular weight is 291 g/mol. The van der Waals surface area contributed by atoms with Gasteiger partial charge < -0.3 is 9.90 Å². The lowest BCUT2D eigenvalue weighted by Crippen LogP contribution is -2.36. The number of rotatable bonds is 2. The third kappa shape index (κ3) is 1.95. The number of aliphatic carboxylic acids is 1. The van der Waals surface area contributed by atoms with Gasteiger partial charge in [-0.25, -0.2) is 4.98 Å². The van der Waals surface area contributed by atoms with E-state index < -0.39 is 12.0 Å². The molecule has 2 heterocycles. The zero-order valence-electron chi connectivity index (χ0n) is 11.4. The van der Waals surface area contributed by atoms with E-state index in [2.05, 4.69) is 11.9 Å². The first kappa shape index (κ1) is 13.3. The molecule has 2 atom stereocenters. The summed E-state index contributed by atoms with van der Waals surface area (Å²) in [6, 6.07) is -1.00. The normalized spacial score (nSPS) is 19.8. The average Bonchev–Trinajstić information content (AvgIpc) is 2.76. The summed E-state index contributed by atoms with van der Waals surface area (Å²) in [5.74, 6) is -0.647. The van der Waals surface area contributed by atoms with Crippen LogP contribution in [-0.2, 0) is 17.6 Å². The Balaban J connectivity index is 2.23. The van der Waals surface area contributed by atoms with Crippen LogP contribution in [0.5, 0.6) is 0 Å². The van der Waals surface area contributed by atoms with Crippen molar-refractivity contribution in [3.63, 3.8) is 0 Å². The van der Waals surface area contributed by atoms with Gasteiger partial charge in [-0.3, -0.25) is 9.36 Å². The molecule has 1 aliphatic carbocycles. The van der Waals surface area contributed by atoms with Crippen molar-refractivity contribution in [2.45, 2.75) is 39.2 Å². The van der Waals surface area contributed by atoms with E-state index in [1.54, 1.807) is 11.3 Å². The maximum absolute atomic E-state index is 12.5. The molecule has 20 heavy (non-hydrogen) atoms. The molecule has 106 valence electrons. The monoisotopic (exact) mass is 291 g/mol. The van der Waals surface area contributed by atoms with Crippen LogP contribution >= 0.6 is 11.3 Å². The summed E-state index contributed by atoms with van der Waals surface area (Å²) in [6.07, 6.45) is 4.22. The Morgan fingerprint density at radius 1 is 1.60 bits per heavy atom. The maximum Gasteiger partial charge on any atom is 0.262 e. The number of aromatic nitrogens is 2. The summed E-state index contributed by atoms with van der Waals surface area (Å²) in [4.78, 5) is 29.7. The summed E-state index contributed by atoms with van der Waals surface area (Å²) in [5, 5.41) is 11.6. The molecule has 0 amide bonds. The Morgan fingerprint density at radius 2 is 2.35 bits per heavy atom. The number of fused-ring (bicyclic) bond motifs is 3. The highest BCUT2D eigenvalue weighted by molar-refractivity contribution is 7.18. The van der Waals surface area contributed by atoms with E-state index >= 15 is 0 Å². The molecule has 0 saturated heterocycles. The summed E-state index contributed by atoms with van der Waals surface area (Å²) < 4.78 is 1.16. The smallest absolute Gasteiger partial charge is 0.262 e. The minimum atomic E-state index is -1.27. The van der Waals surface area contributed by atoms with E-state index in [1.807, 2.05) is 0 Å². The first-order valence-corrected chi connectivity index (χ1v) is 7.53. The van der Waals surface area contributed by atoms with Crippen LogP contribution in [0.4, 0.5) is 0 Å². The lowest BCUT2D eigenvalue weighted by Gasteiger charge is -2.18. The highest BCUT2D eigenvalue weighted by atomic mass is 32.1. The fraction of sp³-hybridized carbons (Fsp3) is 0.500. The molecule has 0 fully saturated rings. The number of nitrogens with zero attached hydrogens (tertiary/aromatic N) is 2. The first-order valence-electron chi connectivity index (χ1n) is 6.71. The van der Waals surface area contributed by atoms with Crippen LogP contribution in [0.15, 0.2) is 11.1 Å². The molecule has 0 bridgehead atoms. The third-order valence-corrected chi connectivity index (χ3v) is 5.16. The second-order valence-corrected chi connectivity index (χ2v) is 6.57. The van der Waals surface area contributed by atoms with E-state index in [1.165, 1.54) is 18.1 Å². The molecule has 1 aliphatic rings. The molecule has 0 saturated carbocycles. The molecule has 0 radical (unpaired) electrons. The molecule has 6 heteroatoms. The van der Waals surface area contributed by atoms with Gasteiger partial charge in [0.15, 0.2) is 0 Å². The minimum Gasteiger partial charge on any atom is -0.548 e. The topological polar surface area (TPSA) is 75.0 Å². The Kier molecular flexibility index (Phi) is 3.12. The molecule has 0 spiro atoms. The lowest BCUT2D eigenvalue weighted by molar-refractivity contribution is -0.309. The van der Waals surface area contributed by atoms with Crippen molar-refractivity contribution >= 4 is 27.5 Å². The van der Waals surface area contributed by atoms with Gasteiger partial charge in [-0.15, -0.1) is 11.3 Å². The zero-order chi connectivity index (χ0) is 14.4. The Hall–Kier alpha value is -1.69. The largest absolute Gasteiger partial charge is 0.548 e. The number of hydrogen-bond donors (Lipinski definition) is 0. The van der Waals surface area contributed by atoms with Crippen LogP contribution in [-0.4, -0.2) is 15.5 Å². The van der Waals surface area contributed by atoms with Crippen LogP contribution in [0, 0.1) is 5.92 Å². The van der Waals surface area contributed by atoms with Crippen LogP contribution in [0.25, 0.3) is 10.2 Å². The van der Waals surface area contributed by atoms with Gasteiger partial charge in [0, 0.05) is 4.88 Å². The quantitative estimate of drug-likeness (QED) is 0.823. The van der Waals surface area contributed by atoms with Gasteiger partial charge in [-0.05, 0) is 37.7 Å². The molecule has 3 rings (SSSR count). The van der Waals surface area contributed by atoms with Crippen LogP contribution in [0.2, 0.25) is 0 Å². The predicted octanol–water partition coefficient (Wildman–Crippen LogP) is 0.894. The predicted molar refractivity (Wildman–Crippen MR) is 74.8 cm³/mol. The fourth-order valence-electron chi connectivity index (χ4n) is 2.73. The number of thiophene rings is 1. The Bertz CT molecular complexity index is 747. The van der Waals surface area contributed by atoms with E-state index in [-0.39, 0.29) is 5.56 Å². The summed E-state index contributed by atoms with van der Waals surface area (Å²) in [7, 11) is 0. The first-order chi connectivity index (χ1) is 9.49. The van der Waals surface area contributed by atoms with Gasteiger partial charge in [-0.2, -0.15) is 0 Å².